The number of thiophene rings is 1. The Hall–Kier alpha value is -1.58. The summed E-state index contributed by atoms with van der Waals surface area (Å²) in [5.41, 5.74) is 8.33. The number of hydroxylamine groups is 1. The van der Waals surface area contributed by atoms with E-state index in [-0.39, 0.29) is 6.61 Å². The number of fused-ring (bicyclic) bond motifs is 1. The summed E-state index contributed by atoms with van der Waals surface area (Å²) in [6.45, 7) is 7.45. The first-order valence-corrected chi connectivity index (χ1v) is 9.35. The number of nitrogens with two attached hydrogens (primary N) is 1. The molecule has 2 unspecified atom stereocenters. The van der Waals surface area contributed by atoms with E-state index in [4.69, 9.17) is 15.3 Å². The van der Waals surface area contributed by atoms with Crippen molar-refractivity contribution < 1.29 is 24.3 Å². The summed E-state index contributed by atoms with van der Waals surface area (Å²) in [5.74, 6) is -1.67. The Morgan fingerprint density at radius 3 is 2.73 bits per heavy atom. The third-order valence-electron chi connectivity index (χ3n) is 3.72. The van der Waals surface area contributed by atoms with Crippen molar-refractivity contribution in [3.8, 4) is 0 Å². The molecule has 0 aromatic carbocycles. The van der Waals surface area contributed by atoms with E-state index in [1.807, 2.05) is 39.8 Å². The van der Waals surface area contributed by atoms with Crippen molar-refractivity contribution in [2.45, 2.75) is 58.5 Å². The Kier molecular flexibility index (Phi) is 6.70. The smallest absolute Gasteiger partial charge is 0.289 e. The molecule has 0 radical (unpaired) electrons. The second-order valence-corrected chi connectivity index (χ2v) is 8.17. The zero-order valence-electron chi connectivity index (χ0n) is 15.5. The van der Waals surface area contributed by atoms with Crippen molar-refractivity contribution in [3.05, 3.63) is 27.0 Å². The van der Waals surface area contributed by atoms with Gasteiger partial charge in [-0.15, -0.1) is 11.3 Å². The monoisotopic (exact) mass is 382 g/mol. The van der Waals surface area contributed by atoms with E-state index < -0.39 is 29.6 Å². The highest BCUT2D eigenvalue weighted by Crippen LogP contribution is 2.41. The quantitative estimate of drug-likeness (QED) is 0.275. The van der Waals surface area contributed by atoms with Gasteiger partial charge in [0, 0.05) is 20.9 Å². The average molecular weight is 382 g/mol. The molecule has 0 spiro atoms. The molecule has 0 saturated heterocycles. The highest BCUT2D eigenvalue weighted by Gasteiger charge is 2.31. The Morgan fingerprint density at radius 1 is 1.46 bits per heavy atom. The van der Waals surface area contributed by atoms with Gasteiger partial charge in [0.15, 0.2) is 0 Å². The van der Waals surface area contributed by atoms with Crippen LogP contribution in [0.4, 0.5) is 0 Å². The minimum absolute atomic E-state index is 0.0322. The first-order valence-electron chi connectivity index (χ1n) is 8.53. The largest absolute Gasteiger partial charge is 0.374 e. The van der Waals surface area contributed by atoms with E-state index >= 15 is 0 Å². The van der Waals surface area contributed by atoms with Gasteiger partial charge in [0.2, 0.25) is 0 Å². The lowest BCUT2D eigenvalue weighted by Crippen LogP contribution is -2.39. The van der Waals surface area contributed by atoms with Crippen molar-refractivity contribution in [3.63, 3.8) is 0 Å². The second-order valence-electron chi connectivity index (χ2n) is 7.03. The highest BCUT2D eigenvalue weighted by atomic mass is 32.1. The maximum Gasteiger partial charge on any atom is 0.289 e. The number of ketones is 1. The number of carbonyl (C=O) groups excluding carboxylic acids is 2. The summed E-state index contributed by atoms with van der Waals surface area (Å²) in [5, 5.41) is 9.99. The topological polar surface area (TPSA) is 111 Å². The number of primary amides is 1. The summed E-state index contributed by atoms with van der Waals surface area (Å²) in [6.07, 6.45) is 3.58. The summed E-state index contributed by atoms with van der Waals surface area (Å²) < 4.78 is 5.82. The number of hydrogen-bond donors (Lipinski definition) is 3. The lowest BCUT2D eigenvalue weighted by atomic mass is 9.93. The number of amides is 1. The van der Waals surface area contributed by atoms with Gasteiger partial charge in [-0.2, -0.15) is 5.48 Å². The van der Waals surface area contributed by atoms with Crippen LogP contribution in [0.5, 0.6) is 0 Å². The number of ether oxygens (including phenoxy) is 1. The number of aliphatic hydroxyl groups excluding tert-OH is 1. The molecule has 0 aliphatic heterocycles. The number of hydrogen-bond acceptors (Lipinski definition) is 7. The first kappa shape index (κ1) is 20.7. The average Bonchev–Trinajstić information content (AvgIpc) is 2.95. The van der Waals surface area contributed by atoms with Crippen molar-refractivity contribution in [1.82, 2.24) is 5.48 Å². The lowest BCUT2D eigenvalue weighted by molar-refractivity contribution is -0.151. The molecule has 2 rings (SSSR count). The van der Waals surface area contributed by atoms with E-state index in [1.54, 1.807) is 0 Å². The van der Waals surface area contributed by atoms with E-state index in [0.29, 0.717) is 24.0 Å². The fourth-order valence-electron chi connectivity index (χ4n) is 2.63. The number of aryl methyl sites for hydroxylation is 1. The van der Waals surface area contributed by atoms with Crippen molar-refractivity contribution in [1.29, 1.82) is 0 Å². The van der Waals surface area contributed by atoms with Gasteiger partial charge in [-0.1, -0.05) is 13.0 Å². The number of rotatable bonds is 8. The molecular formula is C18H26N2O5S. The molecule has 7 nitrogen and oxygen atoms in total. The molecular weight excluding hydrogens is 356 g/mol. The fourth-order valence-corrected chi connectivity index (χ4v) is 3.85. The zero-order valence-corrected chi connectivity index (χ0v) is 16.3. The molecule has 1 aliphatic carbocycles. The van der Waals surface area contributed by atoms with Gasteiger partial charge < -0.3 is 15.6 Å². The standard InChI is InChI=1S/C18H26N2O5S/c1-5-11-15(16(22)17(19)23)14-10(7-6-8-12(14)26-11)24-9-13(21)20-25-18(2,3)4/h6,8,10,13,20-21H,5,7,9H2,1-4H3,(H2,19,23). The van der Waals surface area contributed by atoms with Gasteiger partial charge in [0.1, 0.15) is 6.23 Å². The molecule has 1 heterocycles. The summed E-state index contributed by atoms with van der Waals surface area (Å²) in [4.78, 5) is 30.8. The molecule has 1 aromatic rings. The Bertz CT molecular complexity index is 705. The predicted molar refractivity (Wildman–Crippen MR) is 99.5 cm³/mol. The van der Waals surface area contributed by atoms with Crippen LogP contribution < -0.4 is 11.2 Å². The van der Waals surface area contributed by atoms with Crippen molar-refractivity contribution in [2.24, 2.45) is 5.73 Å². The van der Waals surface area contributed by atoms with Gasteiger partial charge >= 0.3 is 0 Å². The third-order valence-corrected chi connectivity index (χ3v) is 5.03. The van der Waals surface area contributed by atoms with Gasteiger partial charge in [-0.05, 0) is 39.7 Å². The molecule has 4 N–H and O–H groups in total. The van der Waals surface area contributed by atoms with Crippen LogP contribution in [0.15, 0.2) is 6.08 Å². The minimum Gasteiger partial charge on any atom is -0.374 e. The Balaban J connectivity index is 2.17. The van der Waals surface area contributed by atoms with Crippen LogP contribution in [-0.2, 0) is 20.8 Å². The number of Topliss-reactive ketones (excluding diaryl/α,β-unsaturated/α-hetero) is 1. The third kappa shape index (κ3) is 4.99. The molecule has 144 valence electrons. The summed E-state index contributed by atoms with van der Waals surface area (Å²) >= 11 is 1.46. The Labute approximate surface area is 157 Å². The van der Waals surface area contributed by atoms with E-state index in [2.05, 4.69) is 5.48 Å². The normalized spacial score (nSPS) is 17.8. The Morgan fingerprint density at radius 2 is 2.15 bits per heavy atom. The minimum atomic E-state index is -1.02. The number of aliphatic hydroxyl groups is 1. The number of nitrogens with one attached hydrogen (secondary N) is 1. The lowest BCUT2D eigenvalue weighted by Gasteiger charge is -2.25. The van der Waals surface area contributed by atoms with Crippen LogP contribution in [0.3, 0.4) is 0 Å². The fraction of sp³-hybridized carbons (Fsp3) is 0.556. The SMILES string of the molecule is CCc1sc2c(c1C(=O)C(N)=O)C(OCC(O)NOC(C)(C)C)CC=C2. The van der Waals surface area contributed by atoms with Crippen molar-refractivity contribution >= 4 is 29.1 Å². The molecule has 1 aromatic heterocycles. The van der Waals surface area contributed by atoms with Gasteiger partial charge in [0.25, 0.3) is 11.7 Å². The van der Waals surface area contributed by atoms with Gasteiger partial charge in [-0.3, -0.25) is 14.4 Å². The first-order chi connectivity index (χ1) is 12.1. The van der Waals surface area contributed by atoms with E-state index in [9.17, 15) is 14.7 Å². The van der Waals surface area contributed by atoms with E-state index in [1.165, 1.54) is 11.3 Å². The molecule has 8 heteroatoms. The summed E-state index contributed by atoms with van der Waals surface area (Å²) in [7, 11) is 0. The second kappa shape index (κ2) is 8.41. The maximum atomic E-state index is 12.3. The zero-order chi connectivity index (χ0) is 19.5. The molecule has 1 amide bonds. The molecule has 0 bridgehead atoms. The van der Waals surface area contributed by atoms with Crippen LogP contribution in [-0.4, -0.2) is 35.2 Å². The number of carbonyl (C=O) groups is 2. The van der Waals surface area contributed by atoms with Crippen LogP contribution in [0.1, 0.15) is 65.9 Å². The van der Waals surface area contributed by atoms with Gasteiger partial charge in [-0.25, -0.2) is 0 Å². The summed E-state index contributed by atoms with van der Waals surface area (Å²) in [6, 6.07) is 0. The van der Waals surface area contributed by atoms with Crippen LogP contribution in [0, 0.1) is 0 Å². The van der Waals surface area contributed by atoms with Crippen LogP contribution in [0.25, 0.3) is 6.08 Å². The van der Waals surface area contributed by atoms with Crippen LogP contribution in [0.2, 0.25) is 0 Å². The van der Waals surface area contributed by atoms with Crippen molar-refractivity contribution in [2.75, 3.05) is 6.61 Å². The predicted octanol–water partition coefficient (Wildman–Crippen LogP) is 2.09. The molecule has 2 atom stereocenters. The highest BCUT2D eigenvalue weighted by molar-refractivity contribution is 7.13. The molecule has 1 aliphatic rings. The maximum absolute atomic E-state index is 12.3. The van der Waals surface area contributed by atoms with Gasteiger partial charge in [0.05, 0.1) is 18.3 Å². The molecule has 0 fully saturated rings. The molecule has 0 saturated carbocycles. The van der Waals surface area contributed by atoms with E-state index in [0.717, 1.165) is 9.75 Å². The molecule has 26 heavy (non-hydrogen) atoms. The van der Waals surface area contributed by atoms with Crippen LogP contribution >= 0.6 is 11.3 Å².